The largest absolute Gasteiger partial charge is 0.481 e. The minimum Gasteiger partial charge on any atom is -0.481 e. The van der Waals surface area contributed by atoms with Crippen LogP contribution in [0.1, 0.15) is 18.4 Å². The lowest BCUT2D eigenvalue weighted by atomic mass is 9.98. The number of halogens is 3. The molecule has 1 aromatic rings. The number of hydrogen-bond donors (Lipinski definition) is 1. The van der Waals surface area contributed by atoms with Gasteiger partial charge in [0.25, 0.3) is 0 Å². The van der Waals surface area contributed by atoms with Crippen LogP contribution in [0.4, 0.5) is 4.39 Å². The number of piperidine rings is 1. The van der Waals surface area contributed by atoms with E-state index < -0.39 is 5.97 Å². The predicted molar refractivity (Wildman–Crippen MR) is 77.0 cm³/mol. The predicted octanol–water partition coefficient (Wildman–Crippen LogP) is 3.31. The highest BCUT2D eigenvalue weighted by atomic mass is 79.9. The molecule has 0 amide bonds. The Bertz CT molecular complexity index is 458. The monoisotopic (exact) mass is 351 g/mol. The number of aliphatic carboxylic acids is 1. The van der Waals surface area contributed by atoms with E-state index >= 15 is 0 Å². The van der Waals surface area contributed by atoms with Crippen LogP contribution in [0.2, 0.25) is 0 Å². The van der Waals surface area contributed by atoms with Gasteiger partial charge in [-0.15, -0.1) is 12.4 Å². The maximum absolute atomic E-state index is 13.7. The summed E-state index contributed by atoms with van der Waals surface area (Å²) in [5, 5.41) is 9.01. The molecule has 1 unspecified atom stereocenters. The van der Waals surface area contributed by atoms with Gasteiger partial charge in [-0.05, 0) is 31.5 Å². The van der Waals surface area contributed by atoms with Gasteiger partial charge in [0, 0.05) is 23.1 Å². The lowest BCUT2D eigenvalue weighted by molar-refractivity contribution is -0.143. The summed E-state index contributed by atoms with van der Waals surface area (Å²) in [4.78, 5) is 13.0. The molecule has 19 heavy (non-hydrogen) atoms. The van der Waals surface area contributed by atoms with E-state index in [0.717, 1.165) is 13.0 Å². The highest BCUT2D eigenvalue weighted by Gasteiger charge is 2.25. The average molecular weight is 353 g/mol. The van der Waals surface area contributed by atoms with Crippen molar-refractivity contribution in [2.24, 2.45) is 5.92 Å². The summed E-state index contributed by atoms with van der Waals surface area (Å²) < 4.78 is 14.4. The Morgan fingerprint density at radius 3 is 2.89 bits per heavy atom. The summed E-state index contributed by atoms with van der Waals surface area (Å²) in [6.45, 7) is 1.81. The number of likely N-dealkylation sites (tertiary alicyclic amines) is 1. The summed E-state index contributed by atoms with van der Waals surface area (Å²) in [6, 6.07) is 4.98. The Kier molecular flexibility index (Phi) is 6.23. The van der Waals surface area contributed by atoms with E-state index in [1.54, 1.807) is 12.1 Å². The first-order chi connectivity index (χ1) is 8.56. The van der Waals surface area contributed by atoms with Gasteiger partial charge in [-0.3, -0.25) is 9.69 Å². The van der Waals surface area contributed by atoms with Gasteiger partial charge in [-0.25, -0.2) is 4.39 Å². The second kappa shape index (κ2) is 7.22. The summed E-state index contributed by atoms with van der Waals surface area (Å²) in [6.07, 6.45) is 1.57. The zero-order chi connectivity index (χ0) is 13.1. The van der Waals surface area contributed by atoms with Crippen LogP contribution in [0.15, 0.2) is 22.7 Å². The Morgan fingerprint density at radius 1 is 1.53 bits per heavy atom. The van der Waals surface area contributed by atoms with Crippen molar-refractivity contribution in [3.63, 3.8) is 0 Å². The zero-order valence-corrected chi connectivity index (χ0v) is 12.7. The second-order valence-electron chi connectivity index (χ2n) is 4.65. The zero-order valence-electron chi connectivity index (χ0n) is 10.3. The standard InChI is InChI=1S/C13H15BrFNO2.ClH/c14-11-4-3-9(12(15)6-11)7-16-5-1-2-10(8-16)13(17)18;/h3-4,6,10H,1-2,5,7-8H2,(H,17,18);1H. The van der Waals surface area contributed by atoms with E-state index in [9.17, 15) is 9.18 Å². The first kappa shape index (κ1) is 16.4. The number of carbonyl (C=O) groups is 1. The van der Waals surface area contributed by atoms with E-state index in [1.807, 2.05) is 4.90 Å². The maximum Gasteiger partial charge on any atom is 0.307 e. The molecule has 1 aromatic carbocycles. The van der Waals surface area contributed by atoms with Crippen molar-refractivity contribution in [1.29, 1.82) is 0 Å². The molecule has 3 nitrogen and oxygen atoms in total. The molecule has 1 N–H and O–H groups in total. The fourth-order valence-corrected chi connectivity index (χ4v) is 2.62. The lowest BCUT2D eigenvalue weighted by Gasteiger charge is -2.30. The van der Waals surface area contributed by atoms with Crippen LogP contribution in [-0.2, 0) is 11.3 Å². The van der Waals surface area contributed by atoms with Crippen LogP contribution in [0, 0.1) is 11.7 Å². The van der Waals surface area contributed by atoms with Crippen molar-refractivity contribution in [2.75, 3.05) is 13.1 Å². The van der Waals surface area contributed by atoms with Crippen molar-refractivity contribution in [1.82, 2.24) is 4.90 Å². The fraction of sp³-hybridized carbons (Fsp3) is 0.462. The van der Waals surface area contributed by atoms with Crippen LogP contribution < -0.4 is 0 Å². The van der Waals surface area contributed by atoms with Gasteiger partial charge in [0.2, 0.25) is 0 Å². The van der Waals surface area contributed by atoms with Crippen molar-refractivity contribution in [3.05, 3.63) is 34.1 Å². The van der Waals surface area contributed by atoms with Crippen molar-refractivity contribution in [2.45, 2.75) is 19.4 Å². The SMILES string of the molecule is Cl.O=C(O)C1CCCN(Cc2ccc(Br)cc2F)C1. The van der Waals surface area contributed by atoms with Crippen molar-refractivity contribution in [3.8, 4) is 0 Å². The Labute approximate surface area is 126 Å². The van der Waals surface area contributed by atoms with Crippen LogP contribution >= 0.6 is 28.3 Å². The molecule has 1 saturated heterocycles. The number of hydrogen-bond acceptors (Lipinski definition) is 2. The normalized spacial score (nSPS) is 19.8. The molecule has 0 spiro atoms. The molecule has 0 bridgehead atoms. The van der Waals surface area contributed by atoms with Gasteiger partial charge in [0.1, 0.15) is 5.82 Å². The third kappa shape index (κ3) is 4.44. The van der Waals surface area contributed by atoms with Crippen molar-refractivity contribution < 1.29 is 14.3 Å². The minimum atomic E-state index is -0.754. The number of benzene rings is 1. The van der Waals surface area contributed by atoms with Gasteiger partial charge in [0.15, 0.2) is 0 Å². The van der Waals surface area contributed by atoms with Crippen LogP contribution in [0.25, 0.3) is 0 Å². The van der Waals surface area contributed by atoms with Gasteiger partial charge in [-0.1, -0.05) is 22.0 Å². The number of carboxylic acids is 1. The minimum absolute atomic E-state index is 0. The highest BCUT2D eigenvalue weighted by Crippen LogP contribution is 2.21. The van der Waals surface area contributed by atoms with Gasteiger partial charge in [-0.2, -0.15) is 0 Å². The molecule has 1 atom stereocenters. The molecule has 1 heterocycles. The Morgan fingerprint density at radius 2 is 2.26 bits per heavy atom. The second-order valence-corrected chi connectivity index (χ2v) is 5.56. The van der Waals surface area contributed by atoms with E-state index in [1.165, 1.54) is 6.07 Å². The van der Waals surface area contributed by atoms with Gasteiger partial charge < -0.3 is 5.11 Å². The van der Waals surface area contributed by atoms with Gasteiger partial charge >= 0.3 is 5.97 Å². The third-order valence-corrected chi connectivity index (χ3v) is 3.76. The number of carboxylic acid groups (broad SMARTS) is 1. The molecule has 0 saturated carbocycles. The van der Waals surface area contributed by atoms with E-state index in [0.29, 0.717) is 29.5 Å². The summed E-state index contributed by atoms with van der Waals surface area (Å²) >= 11 is 3.22. The summed E-state index contributed by atoms with van der Waals surface area (Å²) in [5.74, 6) is -1.32. The molecule has 0 aromatic heterocycles. The molecular formula is C13H16BrClFNO2. The molecule has 2 rings (SSSR count). The van der Waals surface area contributed by atoms with Crippen LogP contribution in [0.5, 0.6) is 0 Å². The number of nitrogens with zero attached hydrogens (tertiary/aromatic N) is 1. The van der Waals surface area contributed by atoms with E-state index in [2.05, 4.69) is 15.9 Å². The van der Waals surface area contributed by atoms with E-state index in [-0.39, 0.29) is 24.1 Å². The molecular weight excluding hydrogens is 337 g/mol. The quantitative estimate of drug-likeness (QED) is 0.907. The Balaban J connectivity index is 0.00000180. The maximum atomic E-state index is 13.7. The molecule has 0 radical (unpaired) electrons. The third-order valence-electron chi connectivity index (χ3n) is 3.26. The molecule has 106 valence electrons. The molecule has 1 aliphatic heterocycles. The van der Waals surface area contributed by atoms with Crippen LogP contribution in [0.3, 0.4) is 0 Å². The Hall–Kier alpha value is -0.650. The highest BCUT2D eigenvalue weighted by molar-refractivity contribution is 9.10. The first-order valence-corrected chi connectivity index (χ1v) is 6.74. The number of rotatable bonds is 3. The summed E-state index contributed by atoms with van der Waals surface area (Å²) in [5.41, 5.74) is 0.615. The first-order valence-electron chi connectivity index (χ1n) is 5.95. The molecule has 6 heteroatoms. The smallest absolute Gasteiger partial charge is 0.307 e. The van der Waals surface area contributed by atoms with Gasteiger partial charge in [0.05, 0.1) is 5.92 Å². The van der Waals surface area contributed by atoms with Crippen molar-refractivity contribution >= 4 is 34.3 Å². The molecule has 0 aliphatic carbocycles. The van der Waals surface area contributed by atoms with Crippen LogP contribution in [-0.4, -0.2) is 29.1 Å². The average Bonchev–Trinajstić information content (AvgIpc) is 2.33. The molecule has 1 fully saturated rings. The fourth-order valence-electron chi connectivity index (χ4n) is 2.29. The topological polar surface area (TPSA) is 40.5 Å². The van der Waals surface area contributed by atoms with E-state index in [4.69, 9.17) is 5.11 Å². The summed E-state index contributed by atoms with van der Waals surface area (Å²) in [7, 11) is 0. The lowest BCUT2D eigenvalue weighted by Crippen LogP contribution is -2.38. The molecule has 1 aliphatic rings.